The second-order valence-electron chi connectivity index (χ2n) is 12.5. The molecule has 1 heterocycles. The Morgan fingerprint density at radius 1 is 0.655 bits per heavy atom. The van der Waals surface area contributed by atoms with Crippen molar-refractivity contribution in [1.29, 1.82) is 0 Å². The third kappa shape index (κ3) is 11.4. The van der Waals surface area contributed by atoms with E-state index >= 15 is 0 Å². The number of nitrogens with zero attached hydrogens (tertiary/aromatic N) is 1. The van der Waals surface area contributed by atoms with Crippen LogP contribution in [0, 0.1) is 6.92 Å². The lowest BCUT2D eigenvalue weighted by atomic mass is 9.98. The predicted molar refractivity (Wildman–Crippen MR) is 240 cm³/mol. The van der Waals surface area contributed by atoms with Gasteiger partial charge >= 0.3 is 0 Å². The number of ether oxygens (including phenoxy) is 1. The molecular formula is C52H55NO2. The summed E-state index contributed by atoms with van der Waals surface area (Å²) in [4.78, 5) is 4.07. The van der Waals surface area contributed by atoms with Gasteiger partial charge in [0.05, 0.1) is 12.8 Å². The third-order valence-corrected chi connectivity index (χ3v) is 8.82. The van der Waals surface area contributed by atoms with Crippen molar-refractivity contribution in [3.8, 4) is 39.1 Å². The van der Waals surface area contributed by atoms with Gasteiger partial charge in [-0.1, -0.05) is 179 Å². The number of furan rings is 1. The number of aliphatic imine (C=N–C) groups is 1. The molecule has 0 bridgehead atoms. The molecule has 0 aliphatic rings. The first kappa shape index (κ1) is 41.6. The lowest BCUT2D eigenvalue weighted by Crippen LogP contribution is -2.19. The molecule has 1 aromatic heterocycles. The molecule has 0 atom stereocenters. The minimum Gasteiger partial charge on any atom is -0.496 e. The van der Waals surface area contributed by atoms with E-state index in [0.29, 0.717) is 0 Å². The second kappa shape index (κ2) is 22.1. The Kier molecular flexibility index (Phi) is 16.7. The highest BCUT2D eigenvalue weighted by atomic mass is 16.5. The van der Waals surface area contributed by atoms with E-state index in [1.54, 1.807) is 7.11 Å². The van der Waals surface area contributed by atoms with Crippen LogP contribution < -0.4 is 15.4 Å². The standard InChI is InChI=1S/C19H16.C18H19NO.C13H14O.C2H6/c1-15-7-5-10-17(13-15)19-12-6-11-18(14-19)16-8-3-2-4-9-16;1-4-7-17(19-2)15-12-10-14(11-13-15)16-8-5-6-9-18(16)20-3;1-3-7-10-11-8-5-6-9-13(11)14-12(10)4-2;1-2/h2-14H,1H3;5-13H,2,4H2,1,3H3;4-9H,3H2,1-2H3;1-2H3/b;17-7-;10-7-,12-4+;. The lowest BCUT2D eigenvalue weighted by molar-refractivity contribution is 0.416. The molecule has 280 valence electrons. The van der Waals surface area contributed by atoms with Gasteiger partial charge in [-0.05, 0) is 91.1 Å². The molecular weight excluding hydrogens is 671 g/mol. The molecule has 7 aromatic rings. The van der Waals surface area contributed by atoms with Gasteiger partial charge in [-0.15, -0.1) is 0 Å². The van der Waals surface area contributed by atoms with Crippen LogP contribution in [0.25, 0.3) is 62.2 Å². The summed E-state index contributed by atoms with van der Waals surface area (Å²) in [6.45, 7) is 16.0. The zero-order valence-corrected chi connectivity index (χ0v) is 33.6. The fourth-order valence-electron chi connectivity index (χ4n) is 6.22. The first-order valence-electron chi connectivity index (χ1n) is 19.3. The van der Waals surface area contributed by atoms with Gasteiger partial charge in [0.2, 0.25) is 0 Å². The monoisotopic (exact) mass is 725 g/mol. The van der Waals surface area contributed by atoms with E-state index in [2.05, 4.69) is 154 Å². The van der Waals surface area contributed by atoms with Crippen LogP contribution in [0.4, 0.5) is 0 Å². The van der Waals surface area contributed by atoms with Gasteiger partial charge in [0, 0.05) is 16.2 Å². The quantitative estimate of drug-likeness (QED) is 0.146. The van der Waals surface area contributed by atoms with Crippen molar-refractivity contribution in [1.82, 2.24) is 0 Å². The molecule has 0 aliphatic heterocycles. The summed E-state index contributed by atoms with van der Waals surface area (Å²) in [7, 11) is 1.69. The number of hydrogen-bond donors (Lipinski definition) is 0. The highest BCUT2D eigenvalue weighted by molar-refractivity contribution is 5.79. The van der Waals surface area contributed by atoms with Crippen LogP contribution in [0.1, 0.15) is 58.6 Å². The number of hydrogen-bond acceptors (Lipinski definition) is 3. The van der Waals surface area contributed by atoms with E-state index in [1.807, 2.05) is 69.3 Å². The molecule has 0 spiro atoms. The van der Waals surface area contributed by atoms with Crippen molar-refractivity contribution in [2.24, 2.45) is 4.99 Å². The van der Waals surface area contributed by atoms with E-state index in [9.17, 15) is 0 Å². The zero-order valence-electron chi connectivity index (χ0n) is 33.6. The van der Waals surface area contributed by atoms with E-state index in [-0.39, 0.29) is 0 Å². The molecule has 0 radical (unpaired) electrons. The number of para-hydroxylation sites is 2. The van der Waals surface area contributed by atoms with Crippen LogP contribution >= 0.6 is 0 Å². The first-order chi connectivity index (χ1) is 27.0. The molecule has 7 rings (SSSR count). The summed E-state index contributed by atoms with van der Waals surface area (Å²) in [5.74, 6) is 0.881. The fraction of sp³-hybridized carbons (Fsp3) is 0.173. The minimum absolute atomic E-state index is 0.881. The van der Waals surface area contributed by atoms with E-state index in [1.165, 1.54) is 38.4 Å². The average Bonchev–Trinajstić information content (AvgIpc) is 3.62. The van der Waals surface area contributed by atoms with E-state index in [4.69, 9.17) is 9.15 Å². The van der Waals surface area contributed by atoms with Crippen molar-refractivity contribution in [3.05, 3.63) is 179 Å². The van der Waals surface area contributed by atoms with Crippen molar-refractivity contribution in [2.75, 3.05) is 7.11 Å². The normalized spacial score (nSPS) is 11.4. The summed E-state index contributed by atoms with van der Waals surface area (Å²) >= 11 is 0. The summed E-state index contributed by atoms with van der Waals surface area (Å²) in [6.07, 6.45) is 8.28. The first-order valence-corrected chi connectivity index (χ1v) is 19.3. The lowest BCUT2D eigenvalue weighted by Gasteiger charge is -2.09. The van der Waals surface area contributed by atoms with Gasteiger partial charge < -0.3 is 9.15 Å². The second-order valence-corrected chi connectivity index (χ2v) is 12.5. The molecule has 0 fully saturated rings. The summed E-state index contributed by atoms with van der Waals surface area (Å²) in [5, 5.41) is 2.44. The van der Waals surface area contributed by atoms with E-state index < -0.39 is 0 Å². The van der Waals surface area contributed by atoms with Crippen molar-refractivity contribution in [2.45, 2.75) is 54.4 Å². The minimum atomic E-state index is 0.881. The predicted octanol–water partition coefficient (Wildman–Crippen LogP) is 13.6. The average molecular weight is 726 g/mol. The Hall–Kier alpha value is -6.19. The van der Waals surface area contributed by atoms with Crippen molar-refractivity contribution < 1.29 is 9.15 Å². The Bertz CT molecular complexity index is 2380. The molecule has 0 saturated carbocycles. The SMILES string of the molecule is C/C=c1/oc2ccccc2/c1=C/CC.C=N/C(=C\CC)c1ccc(-c2ccccc2OC)cc1.CC.Cc1cccc(-c2cccc(-c3ccccc3)c2)c1. The molecule has 3 nitrogen and oxygen atoms in total. The van der Waals surface area contributed by atoms with Gasteiger partial charge in [-0.2, -0.15) is 0 Å². The van der Waals surface area contributed by atoms with Crippen LogP contribution in [0.5, 0.6) is 5.75 Å². The summed E-state index contributed by atoms with van der Waals surface area (Å²) < 4.78 is 11.1. The highest BCUT2D eigenvalue weighted by Gasteiger charge is 2.06. The third-order valence-electron chi connectivity index (χ3n) is 8.82. The Labute approximate surface area is 328 Å². The molecule has 55 heavy (non-hydrogen) atoms. The zero-order chi connectivity index (χ0) is 39.4. The molecule has 6 aromatic carbocycles. The highest BCUT2D eigenvalue weighted by Crippen LogP contribution is 2.31. The largest absolute Gasteiger partial charge is 0.496 e. The topological polar surface area (TPSA) is 34.7 Å². The molecule has 3 heteroatoms. The number of allylic oxidation sites excluding steroid dienone is 1. The van der Waals surface area contributed by atoms with Gasteiger partial charge in [0.15, 0.2) is 0 Å². The van der Waals surface area contributed by atoms with Gasteiger partial charge in [0.1, 0.15) is 16.7 Å². The Balaban J connectivity index is 0.000000182. The van der Waals surface area contributed by atoms with Gasteiger partial charge in [-0.3, -0.25) is 4.99 Å². The fourth-order valence-corrected chi connectivity index (χ4v) is 6.22. The van der Waals surface area contributed by atoms with Crippen LogP contribution in [0.3, 0.4) is 0 Å². The van der Waals surface area contributed by atoms with Crippen LogP contribution in [-0.2, 0) is 0 Å². The summed E-state index contributed by atoms with van der Waals surface area (Å²) in [5.41, 5.74) is 12.6. The van der Waals surface area contributed by atoms with Gasteiger partial charge in [-0.25, -0.2) is 0 Å². The molecule has 0 unspecified atom stereocenters. The number of fused-ring (bicyclic) bond motifs is 1. The smallest absolute Gasteiger partial charge is 0.135 e. The van der Waals surface area contributed by atoms with Crippen LogP contribution in [0.15, 0.2) is 167 Å². The molecule has 0 saturated heterocycles. The van der Waals surface area contributed by atoms with Crippen LogP contribution in [0.2, 0.25) is 0 Å². The Morgan fingerprint density at radius 3 is 1.89 bits per heavy atom. The van der Waals surface area contributed by atoms with Crippen molar-refractivity contribution >= 4 is 35.5 Å². The molecule has 0 N–H and O–H groups in total. The maximum absolute atomic E-state index is 5.71. The number of benzene rings is 6. The number of aryl methyl sites for hydroxylation is 1. The van der Waals surface area contributed by atoms with Crippen molar-refractivity contribution in [3.63, 3.8) is 0 Å². The maximum Gasteiger partial charge on any atom is 0.135 e. The maximum atomic E-state index is 5.71. The van der Waals surface area contributed by atoms with Gasteiger partial charge in [0.25, 0.3) is 0 Å². The number of rotatable bonds is 8. The van der Waals surface area contributed by atoms with E-state index in [0.717, 1.165) is 52.0 Å². The van der Waals surface area contributed by atoms with Crippen LogP contribution in [-0.4, -0.2) is 13.8 Å². The molecule has 0 amide bonds. The Morgan fingerprint density at radius 2 is 1.25 bits per heavy atom. The summed E-state index contributed by atoms with van der Waals surface area (Å²) in [6, 6.07) is 52.3. The molecule has 0 aliphatic carbocycles. The number of methoxy groups -OCH3 is 1.